The van der Waals surface area contributed by atoms with Gasteiger partial charge < -0.3 is 15.7 Å². The van der Waals surface area contributed by atoms with E-state index in [1.165, 1.54) is 0 Å². The Morgan fingerprint density at radius 2 is 1.88 bits per heavy atom. The Bertz CT molecular complexity index is 560. The number of thioether (sulfide) groups is 1. The number of hydrogen-bond donors (Lipinski definition) is 3. The Balaban J connectivity index is 2.45. The molecule has 0 radical (unpaired) electrons. The molecule has 0 aliphatic carbocycles. The molecule has 0 aliphatic rings. The van der Waals surface area contributed by atoms with Gasteiger partial charge in [0.1, 0.15) is 6.54 Å². The van der Waals surface area contributed by atoms with Gasteiger partial charge in [0.25, 0.3) is 0 Å². The van der Waals surface area contributed by atoms with Crippen LogP contribution in [0.15, 0.2) is 24.3 Å². The van der Waals surface area contributed by atoms with Crippen molar-refractivity contribution in [2.24, 2.45) is 0 Å². The molecule has 0 spiro atoms. The summed E-state index contributed by atoms with van der Waals surface area (Å²) < 4.78 is 0. The maximum Gasteiger partial charge on any atom is 0.322 e. The average molecular weight is 352 g/mol. The van der Waals surface area contributed by atoms with Crippen molar-refractivity contribution in [1.82, 2.24) is 5.32 Å². The molecule has 1 unspecified atom stereocenters. The first-order chi connectivity index (χ1) is 11.4. The van der Waals surface area contributed by atoms with Crippen molar-refractivity contribution >= 4 is 35.2 Å². The molecule has 7 heteroatoms. The first-order valence-corrected chi connectivity index (χ1v) is 8.97. The first kappa shape index (κ1) is 20.0. The Morgan fingerprint density at radius 3 is 2.46 bits per heavy atom. The SMILES string of the molecule is CCCCSC(C)C(=O)Nc1ccc(CC(=O)NCC(=O)O)cc1. The van der Waals surface area contributed by atoms with Gasteiger partial charge in [-0.1, -0.05) is 25.5 Å². The summed E-state index contributed by atoms with van der Waals surface area (Å²) in [5.41, 5.74) is 1.43. The van der Waals surface area contributed by atoms with Crippen molar-refractivity contribution in [3.05, 3.63) is 29.8 Å². The second kappa shape index (κ2) is 10.7. The Kier molecular flexibility index (Phi) is 8.93. The molecule has 0 saturated heterocycles. The van der Waals surface area contributed by atoms with Crippen molar-refractivity contribution < 1.29 is 19.5 Å². The molecule has 2 amide bonds. The fraction of sp³-hybridized carbons (Fsp3) is 0.471. The van der Waals surface area contributed by atoms with Crippen molar-refractivity contribution in [1.29, 1.82) is 0 Å². The van der Waals surface area contributed by atoms with E-state index in [-0.39, 0.29) is 30.0 Å². The number of amides is 2. The number of carbonyl (C=O) groups is 3. The van der Waals surface area contributed by atoms with Gasteiger partial charge in [0.15, 0.2) is 0 Å². The third-order valence-electron chi connectivity index (χ3n) is 3.26. The van der Waals surface area contributed by atoms with Gasteiger partial charge in [-0.3, -0.25) is 14.4 Å². The van der Waals surface area contributed by atoms with Crippen molar-refractivity contribution in [2.75, 3.05) is 17.6 Å². The lowest BCUT2D eigenvalue weighted by atomic mass is 10.1. The van der Waals surface area contributed by atoms with E-state index in [2.05, 4.69) is 17.6 Å². The number of aliphatic carboxylic acids is 1. The van der Waals surface area contributed by atoms with Crippen LogP contribution < -0.4 is 10.6 Å². The highest BCUT2D eigenvalue weighted by atomic mass is 32.2. The minimum Gasteiger partial charge on any atom is -0.480 e. The van der Waals surface area contributed by atoms with Gasteiger partial charge in [-0.25, -0.2) is 0 Å². The van der Waals surface area contributed by atoms with Gasteiger partial charge in [0, 0.05) is 5.69 Å². The van der Waals surface area contributed by atoms with E-state index in [0.29, 0.717) is 5.69 Å². The van der Waals surface area contributed by atoms with Crippen LogP contribution in [0.3, 0.4) is 0 Å². The molecule has 0 saturated carbocycles. The predicted octanol–water partition coefficient (Wildman–Crippen LogP) is 2.29. The normalized spacial score (nSPS) is 11.6. The standard InChI is InChI=1S/C17H24N2O4S/c1-3-4-9-24-12(2)17(23)19-14-7-5-13(6-8-14)10-15(20)18-11-16(21)22/h5-8,12H,3-4,9-11H2,1-2H3,(H,18,20)(H,19,23)(H,21,22). The summed E-state index contributed by atoms with van der Waals surface area (Å²) in [6.45, 7) is 3.62. The molecule has 0 fully saturated rings. The molecule has 0 aromatic heterocycles. The fourth-order valence-corrected chi connectivity index (χ4v) is 2.87. The van der Waals surface area contributed by atoms with Crippen molar-refractivity contribution in [3.63, 3.8) is 0 Å². The smallest absolute Gasteiger partial charge is 0.322 e. The van der Waals surface area contributed by atoms with Crippen LogP contribution in [0.2, 0.25) is 0 Å². The van der Waals surface area contributed by atoms with Crippen LogP contribution in [0.5, 0.6) is 0 Å². The quantitative estimate of drug-likeness (QED) is 0.562. The third kappa shape index (κ3) is 8.01. The van der Waals surface area contributed by atoms with Gasteiger partial charge in [0.05, 0.1) is 11.7 Å². The molecule has 1 rings (SSSR count). The zero-order valence-electron chi connectivity index (χ0n) is 14.0. The average Bonchev–Trinajstić information content (AvgIpc) is 2.55. The van der Waals surface area contributed by atoms with Gasteiger partial charge in [0.2, 0.25) is 11.8 Å². The number of nitrogens with one attached hydrogen (secondary N) is 2. The molecular formula is C17H24N2O4S. The zero-order chi connectivity index (χ0) is 17.9. The summed E-state index contributed by atoms with van der Waals surface area (Å²) in [7, 11) is 0. The lowest BCUT2D eigenvalue weighted by Gasteiger charge is -2.12. The van der Waals surface area contributed by atoms with E-state index in [4.69, 9.17) is 5.11 Å². The Labute approximate surface area is 146 Å². The van der Waals surface area contributed by atoms with Crippen molar-refractivity contribution in [2.45, 2.75) is 38.4 Å². The number of rotatable bonds is 10. The summed E-state index contributed by atoms with van der Waals surface area (Å²) in [5.74, 6) is -0.499. The summed E-state index contributed by atoms with van der Waals surface area (Å²) in [4.78, 5) is 34.0. The second-order valence-electron chi connectivity index (χ2n) is 5.40. The van der Waals surface area contributed by atoms with Gasteiger partial charge in [-0.15, -0.1) is 11.8 Å². The van der Waals surface area contributed by atoms with Crippen LogP contribution in [0.1, 0.15) is 32.3 Å². The van der Waals surface area contributed by atoms with E-state index in [1.54, 1.807) is 36.0 Å². The number of unbranched alkanes of at least 4 members (excludes halogenated alkanes) is 1. The van der Waals surface area contributed by atoms with E-state index in [0.717, 1.165) is 24.2 Å². The van der Waals surface area contributed by atoms with E-state index in [1.807, 2.05) is 6.92 Å². The maximum atomic E-state index is 12.1. The molecule has 0 heterocycles. The number of benzene rings is 1. The number of hydrogen-bond acceptors (Lipinski definition) is 4. The highest BCUT2D eigenvalue weighted by Crippen LogP contribution is 2.16. The minimum absolute atomic E-state index is 0.0388. The monoisotopic (exact) mass is 352 g/mol. The topological polar surface area (TPSA) is 95.5 Å². The first-order valence-electron chi connectivity index (χ1n) is 7.92. The van der Waals surface area contributed by atoms with Gasteiger partial charge >= 0.3 is 5.97 Å². The summed E-state index contributed by atoms with van der Waals surface area (Å²) in [6, 6.07) is 6.96. The fourth-order valence-electron chi connectivity index (χ4n) is 1.85. The predicted molar refractivity (Wildman–Crippen MR) is 96.2 cm³/mol. The van der Waals surface area contributed by atoms with Crippen LogP contribution in [-0.4, -0.2) is 40.4 Å². The number of carbonyl (C=O) groups excluding carboxylic acids is 2. The van der Waals surface area contributed by atoms with Crippen LogP contribution in [0, 0.1) is 0 Å². The van der Waals surface area contributed by atoms with Gasteiger partial charge in [-0.05, 0) is 36.8 Å². The molecule has 1 aromatic rings. The maximum absolute atomic E-state index is 12.1. The van der Waals surface area contributed by atoms with Crippen LogP contribution in [-0.2, 0) is 20.8 Å². The van der Waals surface area contributed by atoms with Crippen LogP contribution in [0.25, 0.3) is 0 Å². The molecule has 3 N–H and O–H groups in total. The Morgan fingerprint density at radius 1 is 1.21 bits per heavy atom. The lowest BCUT2D eigenvalue weighted by molar-refractivity contribution is -0.137. The summed E-state index contributed by atoms with van der Waals surface area (Å²) in [5, 5.41) is 13.5. The molecule has 1 atom stereocenters. The number of carboxylic acid groups (broad SMARTS) is 1. The Hall–Kier alpha value is -2.02. The highest BCUT2D eigenvalue weighted by molar-refractivity contribution is 8.00. The number of carboxylic acids is 1. The van der Waals surface area contributed by atoms with E-state index < -0.39 is 5.97 Å². The second-order valence-corrected chi connectivity index (χ2v) is 6.85. The molecule has 0 bridgehead atoms. The summed E-state index contributed by atoms with van der Waals surface area (Å²) >= 11 is 1.63. The molecule has 24 heavy (non-hydrogen) atoms. The van der Waals surface area contributed by atoms with Crippen LogP contribution in [0.4, 0.5) is 5.69 Å². The van der Waals surface area contributed by atoms with Crippen molar-refractivity contribution in [3.8, 4) is 0 Å². The lowest BCUT2D eigenvalue weighted by Crippen LogP contribution is -2.30. The van der Waals surface area contributed by atoms with Crippen LogP contribution >= 0.6 is 11.8 Å². The molecule has 1 aromatic carbocycles. The van der Waals surface area contributed by atoms with E-state index >= 15 is 0 Å². The minimum atomic E-state index is -1.08. The largest absolute Gasteiger partial charge is 0.480 e. The molecule has 6 nitrogen and oxygen atoms in total. The van der Waals surface area contributed by atoms with Gasteiger partial charge in [-0.2, -0.15) is 0 Å². The molecule has 0 aliphatic heterocycles. The summed E-state index contributed by atoms with van der Waals surface area (Å²) in [6.07, 6.45) is 2.31. The highest BCUT2D eigenvalue weighted by Gasteiger charge is 2.13. The third-order valence-corrected chi connectivity index (χ3v) is 4.50. The zero-order valence-corrected chi connectivity index (χ0v) is 14.8. The molecular weight excluding hydrogens is 328 g/mol. The number of anilines is 1. The van der Waals surface area contributed by atoms with E-state index in [9.17, 15) is 14.4 Å². The molecule has 132 valence electrons.